The van der Waals surface area contributed by atoms with Gasteiger partial charge in [-0.1, -0.05) is 5.16 Å². The third-order valence-electron chi connectivity index (χ3n) is 4.69. The highest BCUT2D eigenvalue weighted by Crippen LogP contribution is 2.37. The second kappa shape index (κ2) is 10.4. The lowest BCUT2D eigenvalue weighted by atomic mass is 9.85. The molecule has 0 unspecified atom stereocenters. The van der Waals surface area contributed by atoms with Crippen LogP contribution >= 0.6 is 24.0 Å². The summed E-state index contributed by atoms with van der Waals surface area (Å²) >= 11 is 0. The quantitative estimate of drug-likeness (QED) is 0.372. The molecule has 1 saturated carbocycles. The summed E-state index contributed by atoms with van der Waals surface area (Å²) in [6, 6.07) is 0.0375. The zero-order valence-electron chi connectivity index (χ0n) is 15.4. The van der Waals surface area contributed by atoms with E-state index in [0.29, 0.717) is 31.9 Å². The Bertz CT molecular complexity index is 562. The van der Waals surface area contributed by atoms with Crippen LogP contribution in [0.3, 0.4) is 0 Å². The van der Waals surface area contributed by atoms with Gasteiger partial charge in [0, 0.05) is 24.7 Å². The van der Waals surface area contributed by atoms with Crippen molar-refractivity contribution in [3.05, 3.63) is 17.0 Å². The highest BCUT2D eigenvalue weighted by Gasteiger charge is 2.41. The molecule has 0 aromatic carbocycles. The van der Waals surface area contributed by atoms with Crippen LogP contribution in [0.4, 0.5) is 13.2 Å². The molecule has 9 heteroatoms. The van der Waals surface area contributed by atoms with Gasteiger partial charge in [0.2, 0.25) is 0 Å². The first-order valence-corrected chi connectivity index (χ1v) is 8.84. The molecule has 0 amide bonds. The molecular formula is C17H28F3IN4O. The number of alkyl halides is 3. The molecule has 1 aliphatic carbocycles. The van der Waals surface area contributed by atoms with Crippen molar-refractivity contribution in [2.24, 2.45) is 10.9 Å². The molecule has 150 valence electrons. The number of aryl methyl sites for hydroxylation is 2. The number of halogens is 4. The Labute approximate surface area is 169 Å². The van der Waals surface area contributed by atoms with Gasteiger partial charge in [-0.2, -0.15) is 13.2 Å². The molecule has 0 spiro atoms. The number of hydrogen-bond acceptors (Lipinski definition) is 3. The molecule has 1 fully saturated rings. The lowest BCUT2D eigenvalue weighted by Crippen LogP contribution is -2.46. The summed E-state index contributed by atoms with van der Waals surface area (Å²) in [6.07, 6.45) is -1.97. The summed E-state index contributed by atoms with van der Waals surface area (Å²) in [5, 5.41) is 10.4. The van der Waals surface area contributed by atoms with Gasteiger partial charge in [-0.15, -0.1) is 24.0 Å². The third-order valence-corrected chi connectivity index (χ3v) is 4.69. The highest BCUT2D eigenvalue weighted by atomic mass is 127. The van der Waals surface area contributed by atoms with Crippen LogP contribution in [-0.2, 0) is 6.42 Å². The summed E-state index contributed by atoms with van der Waals surface area (Å²) in [4.78, 5) is 4.54. The van der Waals surface area contributed by atoms with Gasteiger partial charge >= 0.3 is 6.18 Å². The molecule has 26 heavy (non-hydrogen) atoms. The topological polar surface area (TPSA) is 62.5 Å². The monoisotopic (exact) mass is 488 g/mol. The van der Waals surface area contributed by atoms with E-state index in [1.165, 1.54) is 0 Å². The number of aromatic nitrogens is 1. The van der Waals surface area contributed by atoms with E-state index in [-0.39, 0.29) is 42.9 Å². The standard InChI is InChI=1S/C17H27F3N4O.HI/c1-4-21-16(22-10-9-15-11(2)24-25-12(15)3)23-14-7-5-13(6-8-14)17(18,19)20;/h13-14H,4-10H2,1-3H3,(H2,21,22,23);1H. The van der Waals surface area contributed by atoms with E-state index in [0.717, 1.165) is 23.4 Å². The van der Waals surface area contributed by atoms with E-state index in [4.69, 9.17) is 4.52 Å². The van der Waals surface area contributed by atoms with Crippen LogP contribution in [0.5, 0.6) is 0 Å². The Morgan fingerprint density at radius 1 is 1.23 bits per heavy atom. The van der Waals surface area contributed by atoms with E-state index < -0.39 is 12.1 Å². The summed E-state index contributed by atoms with van der Waals surface area (Å²) < 4.78 is 43.4. The molecule has 1 heterocycles. The fourth-order valence-corrected chi connectivity index (χ4v) is 3.22. The van der Waals surface area contributed by atoms with Crippen LogP contribution in [0.2, 0.25) is 0 Å². The van der Waals surface area contributed by atoms with Crippen molar-refractivity contribution in [3.8, 4) is 0 Å². The molecule has 0 saturated heterocycles. The van der Waals surface area contributed by atoms with E-state index in [9.17, 15) is 13.2 Å². The van der Waals surface area contributed by atoms with Crippen LogP contribution in [0.15, 0.2) is 9.52 Å². The summed E-state index contributed by atoms with van der Waals surface area (Å²) in [5.41, 5.74) is 1.93. The average molecular weight is 488 g/mol. The minimum Gasteiger partial charge on any atom is -0.361 e. The van der Waals surface area contributed by atoms with Gasteiger partial charge in [0.25, 0.3) is 0 Å². The molecule has 0 aliphatic heterocycles. The van der Waals surface area contributed by atoms with Crippen molar-refractivity contribution >= 4 is 29.9 Å². The van der Waals surface area contributed by atoms with Gasteiger partial charge in [0.15, 0.2) is 5.96 Å². The van der Waals surface area contributed by atoms with Gasteiger partial charge in [-0.3, -0.25) is 4.99 Å². The molecular weight excluding hydrogens is 460 g/mol. The Morgan fingerprint density at radius 3 is 2.38 bits per heavy atom. The van der Waals surface area contributed by atoms with Gasteiger partial charge in [0.05, 0.1) is 11.6 Å². The van der Waals surface area contributed by atoms with Crippen molar-refractivity contribution < 1.29 is 17.7 Å². The smallest absolute Gasteiger partial charge is 0.361 e. The third kappa shape index (κ3) is 6.62. The van der Waals surface area contributed by atoms with Crippen LogP contribution in [-0.4, -0.2) is 36.4 Å². The first kappa shape index (κ1) is 23.0. The number of nitrogens with zero attached hydrogens (tertiary/aromatic N) is 2. The first-order valence-electron chi connectivity index (χ1n) is 8.84. The Kier molecular flexibility index (Phi) is 9.18. The van der Waals surface area contributed by atoms with Gasteiger partial charge in [-0.25, -0.2) is 0 Å². The number of hydrogen-bond donors (Lipinski definition) is 2. The lowest BCUT2D eigenvalue weighted by Gasteiger charge is -2.31. The number of rotatable bonds is 5. The number of guanidine groups is 1. The summed E-state index contributed by atoms with van der Waals surface area (Å²) in [6.45, 7) is 7.01. The van der Waals surface area contributed by atoms with Crippen molar-refractivity contribution in [1.29, 1.82) is 0 Å². The minimum atomic E-state index is -4.07. The normalized spacial score (nSPS) is 21.2. The highest BCUT2D eigenvalue weighted by molar-refractivity contribution is 14.0. The second-order valence-corrected chi connectivity index (χ2v) is 6.55. The Morgan fingerprint density at radius 2 is 1.88 bits per heavy atom. The second-order valence-electron chi connectivity index (χ2n) is 6.55. The van der Waals surface area contributed by atoms with E-state index in [2.05, 4.69) is 20.8 Å². The first-order chi connectivity index (χ1) is 11.8. The predicted molar refractivity (Wildman–Crippen MR) is 106 cm³/mol. The zero-order valence-corrected chi connectivity index (χ0v) is 17.8. The number of aliphatic imine (C=N–C) groups is 1. The molecule has 2 N–H and O–H groups in total. The van der Waals surface area contributed by atoms with Crippen molar-refractivity contribution in [1.82, 2.24) is 15.8 Å². The molecule has 2 rings (SSSR count). The van der Waals surface area contributed by atoms with E-state index >= 15 is 0 Å². The van der Waals surface area contributed by atoms with Crippen LogP contribution in [0.25, 0.3) is 0 Å². The van der Waals surface area contributed by atoms with Crippen molar-refractivity contribution in [2.45, 2.75) is 65.1 Å². The van der Waals surface area contributed by atoms with Crippen LogP contribution in [0, 0.1) is 19.8 Å². The number of nitrogens with one attached hydrogen (secondary N) is 2. The van der Waals surface area contributed by atoms with E-state index in [1.807, 2.05) is 20.8 Å². The van der Waals surface area contributed by atoms with Crippen molar-refractivity contribution in [2.75, 3.05) is 13.1 Å². The maximum Gasteiger partial charge on any atom is 0.391 e. The SMILES string of the molecule is CCNC(=NCCc1c(C)noc1C)NC1CCC(C(F)(F)F)CC1.I. The molecule has 0 radical (unpaired) electrons. The zero-order chi connectivity index (χ0) is 18.4. The fourth-order valence-electron chi connectivity index (χ4n) is 3.22. The largest absolute Gasteiger partial charge is 0.391 e. The molecule has 1 aromatic heterocycles. The molecule has 1 aliphatic rings. The average Bonchev–Trinajstić information content (AvgIpc) is 2.86. The van der Waals surface area contributed by atoms with Crippen LogP contribution in [0.1, 0.15) is 49.6 Å². The Balaban J connectivity index is 0.00000338. The van der Waals surface area contributed by atoms with E-state index in [1.54, 1.807) is 0 Å². The minimum absolute atomic E-state index is 0. The molecule has 5 nitrogen and oxygen atoms in total. The van der Waals surface area contributed by atoms with Gasteiger partial charge in [-0.05, 0) is 52.9 Å². The maximum absolute atomic E-state index is 12.7. The lowest BCUT2D eigenvalue weighted by molar-refractivity contribution is -0.182. The van der Waals surface area contributed by atoms with Gasteiger partial charge in [0.1, 0.15) is 5.76 Å². The van der Waals surface area contributed by atoms with Gasteiger partial charge < -0.3 is 15.2 Å². The predicted octanol–water partition coefficient (Wildman–Crippen LogP) is 4.13. The van der Waals surface area contributed by atoms with Crippen molar-refractivity contribution in [3.63, 3.8) is 0 Å². The fraction of sp³-hybridized carbons (Fsp3) is 0.765. The Hall–Kier alpha value is -1.00. The maximum atomic E-state index is 12.7. The molecule has 0 atom stereocenters. The molecule has 0 bridgehead atoms. The summed E-state index contributed by atoms with van der Waals surface area (Å²) in [5.74, 6) is 0.297. The van der Waals surface area contributed by atoms with Crippen LogP contribution < -0.4 is 10.6 Å². The summed E-state index contributed by atoms with van der Waals surface area (Å²) in [7, 11) is 0. The molecule has 1 aromatic rings.